The van der Waals surface area contributed by atoms with Crippen LogP contribution in [-0.2, 0) is 16.1 Å². The van der Waals surface area contributed by atoms with Gasteiger partial charge >= 0.3 is 5.97 Å². The molecule has 4 nitrogen and oxygen atoms in total. The number of rotatable bonds is 5. The zero-order chi connectivity index (χ0) is 18.7. The molecule has 3 aromatic rings. The van der Waals surface area contributed by atoms with Crippen molar-refractivity contribution < 1.29 is 9.53 Å². The summed E-state index contributed by atoms with van der Waals surface area (Å²) in [7, 11) is 1.33. The number of carbonyl (C=O) groups excluding carboxylic acids is 1. The van der Waals surface area contributed by atoms with Gasteiger partial charge < -0.3 is 9.30 Å². The lowest BCUT2D eigenvalue weighted by molar-refractivity contribution is -0.134. The third kappa shape index (κ3) is 4.01. The smallest absolute Gasteiger partial charge is 0.330 e. The van der Waals surface area contributed by atoms with E-state index < -0.39 is 5.97 Å². The van der Waals surface area contributed by atoms with Crippen LogP contribution in [0.5, 0.6) is 0 Å². The molecule has 0 saturated carbocycles. The Labute approximate surface area is 165 Å². The fourth-order valence-corrected chi connectivity index (χ4v) is 3.81. The van der Waals surface area contributed by atoms with Crippen LogP contribution in [0.3, 0.4) is 0 Å². The Morgan fingerprint density at radius 3 is 2.81 bits per heavy atom. The lowest BCUT2D eigenvalue weighted by atomic mass is 10.1. The highest BCUT2D eigenvalue weighted by atomic mass is 35.5. The standard InChI is InChI=1S/C19H16Cl2N2O2S/c1-12-22-19(21)16(7-8-18(24)25-2)23(12)11-14-6-5-13(10-15(14)20)17-4-3-9-26-17/h3-10H,11H2,1-2H3. The molecule has 0 aliphatic rings. The first-order chi connectivity index (χ1) is 12.5. The lowest BCUT2D eigenvalue weighted by Gasteiger charge is -2.11. The number of ether oxygens (including phenoxy) is 1. The highest BCUT2D eigenvalue weighted by Crippen LogP contribution is 2.30. The van der Waals surface area contributed by atoms with Crippen molar-refractivity contribution in [2.24, 2.45) is 0 Å². The van der Waals surface area contributed by atoms with Gasteiger partial charge in [0.1, 0.15) is 5.82 Å². The number of nitrogens with zero attached hydrogens (tertiary/aromatic N) is 2. The van der Waals surface area contributed by atoms with Gasteiger partial charge in [-0.2, -0.15) is 0 Å². The van der Waals surface area contributed by atoms with Gasteiger partial charge in [0.25, 0.3) is 0 Å². The van der Waals surface area contributed by atoms with Crippen molar-refractivity contribution in [1.29, 1.82) is 0 Å². The summed E-state index contributed by atoms with van der Waals surface area (Å²) < 4.78 is 6.54. The van der Waals surface area contributed by atoms with Gasteiger partial charge in [-0.15, -0.1) is 11.3 Å². The maximum atomic E-state index is 11.4. The highest BCUT2D eigenvalue weighted by molar-refractivity contribution is 7.13. The molecular formula is C19H16Cl2N2O2S. The van der Waals surface area contributed by atoms with E-state index in [0.29, 0.717) is 22.4 Å². The summed E-state index contributed by atoms with van der Waals surface area (Å²) in [6.45, 7) is 2.35. The fraction of sp³-hybridized carbons (Fsp3) is 0.158. The predicted molar refractivity (Wildman–Crippen MR) is 107 cm³/mol. The van der Waals surface area contributed by atoms with E-state index in [1.807, 2.05) is 41.1 Å². The quantitative estimate of drug-likeness (QED) is 0.417. The van der Waals surface area contributed by atoms with Gasteiger partial charge in [-0.1, -0.05) is 41.4 Å². The Kier molecular flexibility index (Phi) is 5.81. The Bertz CT molecular complexity index is 962. The normalized spacial score (nSPS) is 11.2. The first-order valence-corrected chi connectivity index (χ1v) is 9.44. The second kappa shape index (κ2) is 8.08. The second-order valence-electron chi connectivity index (χ2n) is 5.56. The zero-order valence-corrected chi connectivity index (χ0v) is 16.5. The Morgan fingerprint density at radius 2 is 2.15 bits per heavy atom. The molecule has 0 fully saturated rings. The number of benzene rings is 1. The number of imidazole rings is 1. The van der Waals surface area contributed by atoms with E-state index in [2.05, 4.69) is 15.8 Å². The van der Waals surface area contributed by atoms with Crippen LogP contribution in [0.25, 0.3) is 16.5 Å². The molecule has 0 amide bonds. The van der Waals surface area contributed by atoms with Crippen LogP contribution in [0.15, 0.2) is 41.8 Å². The summed E-state index contributed by atoms with van der Waals surface area (Å²) in [5, 5.41) is 3.03. The molecule has 0 atom stereocenters. The number of carbonyl (C=O) groups is 1. The van der Waals surface area contributed by atoms with E-state index in [4.69, 9.17) is 23.2 Å². The molecule has 0 saturated heterocycles. The first-order valence-electron chi connectivity index (χ1n) is 7.80. The molecule has 0 N–H and O–H groups in total. The molecule has 2 aromatic heterocycles. The molecule has 0 bridgehead atoms. The summed E-state index contributed by atoms with van der Waals surface area (Å²) in [6, 6.07) is 10.1. The van der Waals surface area contributed by atoms with Crippen molar-refractivity contribution in [3.8, 4) is 10.4 Å². The van der Waals surface area contributed by atoms with Crippen LogP contribution >= 0.6 is 34.5 Å². The van der Waals surface area contributed by atoms with Gasteiger partial charge in [0.15, 0.2) is 5.15 Å². The van der Waals surface area contributed by atoms with Gasteiger partial charge in [-0.25, -0.2) is 9.78 Å². The van der Waals surface area contributed by atoms with E-state index in [1.165, 1.54) is 18.1 Å². The number of hydrogen-bond donors (Lipinski definition) is 0. The van der Waals surface area contributed by atoms with Gasteiger partial charge in [-0.05, 0) is 41.6 Å². The molecule has 3 rings (SSSR count). The maximum Gasteiger partial charge on any atom is 0.330 e. The van der Waals surface area contributed by atoms with E-state index >= 15 is 0 Å². The van der Waals surface area contributed by atoms with Crippen molar-refractivity contribution in [2.45, 2.75) is 13.5 Å². The topological polar surface area (TPSA) is 44.1 Å². The molecule has 7 heteroatoms. The molecule has 0 radical (unpaired) electrons. The largest absolute Gasteiger partial charge is 0.466 e. The third-order valence-corrected chi connectivity index (χ3v) is 5.47. The predicted octanol–water partition coefficient (Wildman–Crippen LogP) is 5.46. The van der Waals surface area contributed by atoms with E-state index in [-0.39, 0.29) is 0 Å². The number of halogens is 2. The minimum atomic E-state index is -0.454. The number of esters is 1. The number of aromatic nitrogens is 2. The SMILES string of the molecule is COC(=O)C=Cc1c(Cl)nc(C)n1Cc1ccc(-c2cccs2)cc1Cl. The second-order valence-corrected chi connectivity index (χ2v) is 7.27. The minimum absolute atomic E-state index is 0.328. The van der Waals surface area contributed by atoms with E-state index in [9.17, 15) is 4.79 Å². The average molecular weight is 407 g/mol. The molecule has 0 aliphatic carbocycles. The average Bonchev–Trinajstić information content (AvgIpc) is 3.24. The zero-order valence-electron chi connectivity index (χ0n) is 14.2. The Balaban J connectivity index is 1.92. The Hall–Kier alpha value is -2.08. The number of hydrogen-bond acceptors (Lipinski definition) is 4. The fourth-order valence-electron chi connectivity index (χ4n) is 2.56. The van der Waals surface area contributed by atoms with E-state index in [0.717, 1.165) is 17.0 Å². The van der Waals surface area contributed by atoms with Crippen molar-refractivity contribution >= 4 is 46.6 Å². The highest BCUT2D eigenvalue weighted by Gasteiger charge is 2.13. The van der Waals surface area contributed by atoms with Crippen molar-refractivity contribution in [2.75, 3.05) is 7.11 Å². The summed E-state index contributed by atoms with van der Waals surface area (Å²) in [4.78, 5) is 16.8. The first kappa shape index (κ1) is 18.7. The van der Waals surface area contributed by atoms with Crippen molar-refractivity contribution in [3.63, 3.8) is 0 Å². The van der Waals surface area contributed by atoms with Crippen LogP contribution in [-0.4, -0.2) is 22.6 Å². The maximum absolute atomic E-state index is 11.4. The van der Waals surface area contributed by atoms with Crippen molar-refractivity contribution in [1.82, 2.24) is 9.55 Å². The van der Waals surface area contributed by atoms with Crippen LogP contribution < -0.4 is 0 Å². The van der Waals surface area contributed by atoms with Gasteiger partial charge in [0.2, 0.25) is 0 Å². The minimum Gasteiger partial charge on any atom is -0.466 e. The Morgan fingerprint density at radius 1 is 1.35 bits per heavy atom. The molecule has 26 heavy (non-hydrogen) atoms. The molecule has 0 unspecified atom stereocenters. The molecule has 0 spiro atoms. The third-order valence-electron chi connectivity index (χ3n) is 3.92. The van der Waals surface area contributed by atoms with Crippen LogP contribution in [0.1, 0.15) is 17.1 Å². The van der Waals surface area contributed by atoms with Gasteiger partial charge in [0, 0.05) is 16.0 Å². The molecule has 134 valence electrons. The summed E-state index contributed by atoms with van der Waals surface area (Å²) >= 11 is 14.4. The lowest BCUT2D eigenvalue weighted by Crippen LogP contribution is -2.05. The van der Waals surface area contributed by atoms with Crippen LogP contribution in [0.4, 0.5) is 0 Å². The van der Waals surface area contributed by atoms with Crippen LogP contribution in [0.2, 0.25) is 10.2 Å². The summed E-state index contributed by atoms with van der Waals surface area (Å²) in [6.07, 6.45) is 2.92. The molecule has 0 aliphatic heterocycles. The molecule has 2 heterocycles. The molecule has 1 aromatic carbocycles. The van der Waals surface area contributed by atoms with Gasteiger partial charge in [-0.3, -0.25) is 0 Å². The summed E-state index contributed by atoms with van der Waals surface area (Å²) in [5.41, 5.74) is 2.66. The van der Waals surface area contributed by atoms with E-state index in [1.54, 1.807) is 17.4 Å². The summed E-state index contributed by atoms with van der Waals surface area (Å²) in [5.74, 6) is 0.280. The number of aryl methyl sites for hydroxylation is 1. The number of methoxy groups -OCH3 is 1. The van der Waals surface area contributed by atoms with Crippen molar-refractivity contribution in [3.05, 3.63) is 69.0 Å². The van der Waals surface area contributed by atoms with Gasteiger partial charge in [0.05, 0.1) is 19.3 Å². The van der Waals surface area contributed by atoms with Crippen LogP contribution in [0, 0.1) is 6.92 Å². The monoisotopic (exact) mass is 406 g/mol. The number of thiophene rings is 1. The molecular weight excluding hydrogens is 391 g/mol.